The molecular weight excluding hydrogens is 418 g/mol. The third-order valence-corrected chi connectivity index (χ3v) is 5.37. The van der Waals surface area contributed by atoms with Gasteiger partial charge in [-0.25, -0.2) is 4.68 Å². The number of amides is 1. The smallest absolute Gasteiger partial charge is 0.234 e. The Morgan fingerprint density at radius 3 is 2.16 bits per heavy atom. The third-order valence-electron chi connectivity index (χ3n) is 4.43. The molecule has 0 atom stereocenters. The topological polar surface area (TPSA) is 114 Å². The lowest BCUT2D eigenvalue weighted by molar-refractivity contribution is -0.113. The maximum absolute atomic E-state index is 12.4. The van der Waals surface area contributed by atoms with Crippen LogP contribution in [0.2, 0.25) is 0 Å². The molecule has 3 rings (SSSR count). The fraction of sp³-hybridized carbons (Fsp3) is 0.286. The van der Waals surface area contributed by atoms with Gasteiger partial charge in [-0.3, -0.25) is 4.79 Å². The molecule has 1 aromatic heterocycles. The summed E-state index contributed by atoms with van der Waals surface area (Å²) in [5.74, 6) is 7.98. The van der Waals surface area contributed by atoms with Crippen molar-refractivity contribution >= 4 is 23.4 Å². The number of aromatic nitrogens is 3. The lowest BCUT2D eigenvalue weighted by Crippen LogP contribution is -2.16. The highest BCUT2D eigenvalue weighted by molar-refractivity contribution is 7.99. The summed E-state index contributed by atoms with van der Waals surface area (Å²) in [5.41, 5.74) is 3.56. The van der Waals surface area contributed by atoms with Crippen molar-refractivity contribution in [1.82, 2.24) is 14.9 Å². The summed E-state index contributed by atoms with van der Waals surface area (Å²) < 4.78 is 17.4. The van der Waals surface area contributed by atoms with Gasteiger partial charge in [0, 0.05) is 11.3 Å². The number of nitrogen functional groups attached to an aromatic ring is 1. The average Bonchev–Trinajstić information content (AvgIpc) is 3.10. The number of carbonyl (C=O) groups is 1. The highest BCUT2D eigenvalue weighted by Gasteiger charge is 2.19. The average molecular weight is 444 g/mol. The van der Waals surface area contributed by atoms with E-state index in [9.17, 15) is 4.79 Å². The maximum Gasteiger partial charge on any atom is 0.234 e. The van der Waals surface area contributed by atoms with E-state index >= 15 is 0 Å². The van der Waals surface area contributed by atoms with Gasteiger partial charge < -0.3 is 25.4 Å². The molecule has 9 nitrogen and oxygen atoms in total. The van der Waals surface area contributed by atoms with Crippen molar-refractivity contribution in [3.05, 3.63) is 41.5 Å². The molecule has 0 fully saturated rings. The standard InChI is InChI=1S/C21H25N5O4S/c1-12-6-13(2)8-15(7-12)23-18(27)11-31-21-25-24-20(26(21)22)14-9-16(28-3)19(30-5)17(10-14)29-4/h6-10H,11,22H2,1-5H3,(H,23,27). The molecule has 0 bridgehead atoms. The molecule has 0 unspecified atom stereocenters. The Bertz CT molecular complexity index is 1050. The Morgan fingerprint density at radius 1 is 1.00 bits per heavy atom. The number of carbonyl (C=O) groups excluding carboxylic acids is 1. The summed E-state index contributed by atoms with van der Waals surface area (Å²) in [4.78, 5) is 12.4. The van der Waals surface area contributed by atoms with Crippen LogP contribution in [0.15, 0.2) is 35.5 Å². The predicted molar refractivity (Wildman–Crippen MR) is 121 cm³/mol. The van der Waals surface area contributed by atoms with Crippen LogP contribution in [0.1, 0.15) is 11.1 Å². The predicted octanol–water partition coefficient (Wildman–Crippen LogP) is 3.03. The first-order valence-electron chi connectivity index (χ1n) is 9.38. The van der Waals surface area contributed by atoms with Crippen molar-refractivity contribution in [2.24, 2.45) is 0 Å². The van der Waals surface area contributed by atoms with Crippen LogP contribution in [0.5, 0.6) is 17.2 Å². The van der Waals surface area contributed by atoms with Crippen LogP contribution < -0.4 is 25.4 Å². The maximum atomic E-state index is 12.4. The van der Waals surface area contributed by atoms with Crippen LogP contribution >= 0.6 is 11.8 Å². The second-order valence-electron chi connectivity index (χ2n) is 6.80. The normalized spacial score (nSPS) is 10.6. The zero-order valence-electron chi connectivity index (χ0n) is 18.1. The van der Waals surface area contributed by atoms with E-state index in [1.807, 2.05) is 32.0 Å². The van der Waals surface area contributed by atoms with E-state index in [2.05, 4.69) is 15.5 Å². The van der Waals surface area contributed by atoms with Crippen molar-refractivity contribution < 1.29 is 19.0 Å². The molecule has 0 aliphatic carbocycles. The van der Waals surface area contributed by atoms with Crippen LogP contribution in [0, 0.1) is 13.8 Å². The minimum Gasteiger partial charge on any atom is -0.493 e. The Morgan fingerprint density at radius 2 is 1.61 bits per heavy atom. The van der Waals surface area contributed by atoms with Gasteiger partial charge in [-0.05, 0) is 49.2 Å². The Hall–Kier alpha value is -3.40. The molecule has 3 N–H and O–H groups in total. The molecule has 0 radical (unpaired) electrons. The first kappa shape index (κ1) is 22.3. The van der Waals surface area contributed by atoms with E-state index < -0.39 is 0 Å². The molecule has 1 amide bonds. The monoisotopic (exact) mass is 443 g/mol. The van der Waals surface area contributed by atoms with E-state index in [1.54, 1.807) is 12.1 Å². The van der Waals surface area contributed by atoms with Crippen LogP contribution in [0.25, 0.3) is 11.4 Å². The summed E-state index contributed by atoms with van der Waals surface area (Å²) in [5, 5.41) is 11.6. The van der Waals surface area contributed by atoms with E-state index in [0.717, 1.165) is 16.8 Å². The van der Waals surface area contributed by atoms with E-state index in [1.165, 1.54) is 37.8 Å². The van der Waals surface area contributed by atoms with Crippen molar-refractivity contribution in [3.63, 3.8) is 0 Å². The molecule has 2 aromatic carbocycles. The molecule has 31 heavy (non-hydrogen) atoms. The van der Waals surface area contributed by atoms with Gasteiger partial charge in [-0.15, -0.1) is 10.2 Å². The van der Waals surface area contributed by atoms with Crippen molar-refractivity contribution in [3.8, 4) is 28.6 Å². The van der Waals surface area contributed by atoms with Crippen molar-refractivity contribution in [2.75, 3.05) is 38.2 Å². The summed E-state index contributed by atoms with van der Waals surface area (Å²) in [7, 11) is 4.59. The van der Waals surface area contributed by atoms with Gasteiger partial charge in [-0.1, -0.05) is 17.8 Å². The number of benzene rings is 2. The number of thioether (sulfide) groups is 1. The molecule has 0 aliphatic rings. The number of aryl methyl sites for hydroxylation is 2. The van der Waals surface area contributed by atoms with Crippen LogP contribution in [-0.4, -0.2) is 47.9 Å². The molecule has 0 spiro atoms. The Kier molecular flexibility index (Phi) is 6.91. The lowest BCUT2D eigenvalue weighted by atomic mass is 10.1. The summed E-state index contributed by atoms with van der Waals surface area (Å²) in [6, 6.07) is 9.35. The number of nitrogens with one attached hydrogen (secondary N) is 1. The molecule has 164 valence electrons. The van der Waals surface area contributed by atoms with Gasteiger partial charge in [0.15, 0.2) is 17.3 Å². The molecule has 0 aliphatic heterocycles. The molecule has 1 heterocycles. The van der Waals surface area contributed by atoms with Gasteiger partial charge in [0.25, 0.3) is 0 Å². The van der Waals surface area contributed by atoms with Crippen LogP contribution in [0.4, 0.5) is 5.69 Å². The fourth-order valence-electron chi connectivity index (χ4n) is 3.16. The van der Waals surface area contributed by atoms with Gasteiger partial charge in [0.2, 0.25) is 16.8 Å². The van der Waals surface area contributed by atoms with Gasteiger partial charge >= 0.3 is 0 Å². The van der Waals surface area contributed by atoms with E-state index in [4.69, 9.17) is 20.1 Å². The zero-order chi connectivity index (χ0) is 22.5. The number of anilines is 1. The fourth-order valence-corrected chi connectivity index (χ4v) is 3.81. The number of nitrogens with zero attached hydrogens (tertiary/aromatic N) is 3. The summed E-state index contributed by atoms with van der Waals surface area (Å²) in [6.45, 7) is 3.97. The third kappa shape index (κ3) is 5.02. The highest BCUT2D eigenvalue weighted by atomic mass is 32.2. The first-order chi connectivity index (χ1) is 14.9. The Balaban J connectivity index is 1.75. The second-order valence-corrected chi connectivity index (χ2v) is 7.75. The lowest BCUT2D eigenvalue weighted by Gasteiger charge is -2.13. The molecule has 0 saturated heterocycles. The summed E-state index contributed by atoms with van der Waals surface area (Å²) >= 11 is 1.19. The minimum absolute atomic E-state index is 0.136. The van der Waals surface area contributed by atoms with Gasteiger partial charge in [0.1, 0.15) is 0 Å². The number of hydrogen-bond acceptors (Lipinski definition) is 8. The van der Waals surface area contributed by atoms with Gasteiger partial charge in [0.05, 0.1) is 27.1 Å². The summed E-state index contributed by atoms with van der Waals surface area (Å²) in [6.07, 6.45) is 0. The zero-order valence-corrected chi connectivity index (χ0v) is 18.9. The molecular formula is C21H25N5O4S. The highest BCUT2D eigenvalue weighted by Crippen LogP contribution is 2.40. The molecule has 0 saturated carbocycles. The van der Waals surface area contributed by atoms with Crippen LogP contribution in [-0.2, 0) is 4.79 Å². The Labute approximate surface area is 184 Å². The number of ether oxygens (including phenoxy) is 3. The number of methoxy groups -OCH3 is 3. The minimum atomic E-state index is -0.160. The van der Waals surface area contributed by atoms with Crippen LogP contribution in [0.3, 0.4) is 0 Å². The van der Waals surface area contributed by atoms with E-state index in [0.29, 0.717) is 33.8 Å². The van der Waals surface area contributed by atoms with E-state index in [-0.39, 0.29) is 11.7 Å². The number of rotatable bonds is 8. The van der Waals surface area contributed by atoms with Crippen molar-refractivity contribution in [1.29, 1.82) is 0 Å². The van der Waals surface area contributed by atoms with Gasteiger partial charge in [-0.2, -0.15) is 0 Å². The number of hydrogen-bond donors (Lipinski definition) is 2. The molecule has 3 aromatic rings. The van der Waals surface area contributed by atoms with Crippen molar-refractivity contribution in [2.45, 2.75) is 19.0 Å². The second kappa shape index (κ2) is 9.61. The SMILES string of the molecule is COc1cc(-c2nnc(SCC(=O)Nc3cc(C)cc(C)c3)n2N)cc(OC)c1OC. The number of nitrogens with two attached hydrogens (primary N) is 1. The first-order valence-corrected chi connectivity index (χ1v) is 10.4. The largest absolute Gasteiger partial charge is 0.493 e. The quantitative estimate of drug-likeness (QED) is 0.403. The molecule has 10 heteroatoms.